The van der Waals surface area contributed by atoms with E-state index in [2.05, 4.69) is 22.3 Å². The summed E-state index contributed by atoms with van der Waals surface area (Å²) >= 11 is 0. The number of hydrogen-bond donors (Lipinski definition) is 2. The third kappa shape index (κ3) is 3.25. The van der Waals surface area contributed by atoms with E-state index in [0.29, 0.717) is 18.0 Å². The topological polar surface area (TPSA) is 81.2 Å². The van der Waals surface area contributed by atoms with Crippen molar-refractivity contribution in [1.29, 1.82) is 0 Å². The molecule has 3 N–H and O–H groups in total. The SMILES string of the molecule is Cc1cc(C(=O)Nc2cc(C#CCN)ccc2C)no1. The lowest BCUT2D eigenvalue weighted by Crippen LogP contribution is -2.13. The number of benzene rings is 1. The number of carbonyl (C=O) groups is 1. The molecule has 1 aromatic carbocycles. The second-order valence-corrected chi connectivity index (χ2v) is 4.31. The Kier molecular flexibility index (Phi) is 4.18. The van der Waals surface area contributed by atoms with Crippen molar-refractivity contribution in [2.24, 2.45) is 5.73 Å². The number of nitrogens with one attached hydrogen (secondary N) is 1. The first-order chi connectivity index (χ1) is 9.60. The number of aryl methyl sites for hydroxylation is 2. The molecule has 5 nitrogen and oxygen atoms in total. The molecule has 0 spiro atoms. The number of hydrogen-bond acceptors (Lipinski definition) is 4. The molecule has 0 unspecified atom stereocenters. The van der Waals surface area contributed by atoms with Crippen molar-refractivity contribution >= 4 is 11.6 Å². The summed E-state index contributed by atoms with van der Waals surface area (Å²) in [5.74, 6) is 5.99. The quantitative estimate of drug-likeness (QED) is 0.815. The summed E-state index contributed by atoms with van der Waals surface area (Å²) in [4.78, 5) is 12.0. The molecule has 102 valence electrons. The van der Waals surface area contributed by atoms with Crippen molar-refractivity contribution in [3.8, 4) is 11.8 Å². The summed E-state index contributed by atoms with van der Waals surface area (Å²) in [6.07, 6.45) is 0. The summed E-state index contributed by atoms with van der Waals surface area (Å²) in [5.41, 5.74) is 8.03. The van der Waals surface area contributed by atoms with Crippen LogP contribution in [0.5, 0.6) is 0 Å². The summed E-state index contributed by atoms with van der Waals surface area (Å²) in [6, 6.07) is 7.17. The number of carbonyl (C=O) groups excluding carboxylic acids is 1. The molecule has 0 aliphatic rings. The Balaban J connectivity index is 2.22. The van der Waals surface area contributed by atoms with Gasteiger partial charge in [-0.3, -0.25) is 4.79 Å². The molecule has 5 heteroatoms. The lowest BCUT2D eigenvalue weighted by Gasteiger charge is -2.07. The summed E-state index contributed by atoms with van der Waals surface area (Å²) < 4.78 is 4.88. The van der Waals surface area contributed by atoms with Crippen molar-refractivity contribution in [2.45, 2.75) is 13.8 Å². The van der Waals surface area contributed by atoms with Crippen LogP contribution in [0.15, 0.2) is 28.8 Å². The van der Waals surface area contributed by atoms with E-state index in [9.17, 15) is 4.79 Å². The molecule has 0 bridgehead atoms. The van der Waals surface area contributed by atoms with Crippen LogP contribution >= 0.6 is 0 Å². The zero-order chi connectivity index (χ0) is 14.5. The van der Waals surface area contributed by atoms with Crippen LogP contribution in [0, 0.1) is 25.7 Å². The number of anilines is 1. The van der Waals surface area contributed by atoms with Crippen LogP contribution in [-0.4, -0.2) is 17.6 Å². The van der Waals surface area contributed by atoms with Crippen molar-refractivity contribution in [3.05, 3.63) is 46.8 Å². The van der Waals surface area contributed by atoms with Crippen LogP contribution in [0.25, 0.3) is 0 Å². The average Bonchev–Trinajstić information content (AvgIpc) is 2.86. The van der Waals surface area contributed by atoms with Gasteiger partial charge in [-0.15, -0.1) is 0 Å². The molecule has 0 atom stereocenters. The standard InChI is InChI=1S/C15H15N3O2/c1-10-5-6-12(4-3-7-16)9-13(10)17-15(19)14-8-11(2)20-18-14/h5-6,8-9H,7,16H2,1-2H3,(H,17,19). The second-order valence-electron chi connectivity index (χ2n) is 4.31. The molecule has 1 aromatic heterocycles. The van der Waals surface area contributed by atoms with Crippen LogP contribution in [0.2, 0.25) is 0 Å². The van der Waals surface area contributed by atoms with Crippen LogP contribution < -0.4 is 11.1 Å². The summed E-state index contributed by atoms with van der Waals surface area (Å²) in [5, 5.41) is 6.48. The van der Waals surface area contributed by atoms with E-state index in [1.54, 1.807) is 13.0 Å². The second kappa shape index (κ2) is 6.04. The van der Waals surface area contributed by atoms with Crippen LogP contribution in [0.4, 0.5) is 5.69 Å². The molecule has 20 heavy (non-hydrogen) atoms. The van der Waals surface area contributed by atoms with Crippen LogP contribution in [-0.2, 0) is 0 Å². The van der Waals surface area contributed by atoms with Gasteiger partial charge in [-0.1, -0.05) is 23.1 Å². The van der Waals surface area contributed by atoms with Crippen molar-refractivity contribution < 1.29 is 9.32 Å². The van der Waals surface area contributed by atoms with Gasteiger partial charge in [0.2, 0.25) is 0 Å². The Morgan fingerprint density at radius 2 is 2.20 bits per heavy atom. The van der Waals surface area contributed by atoms with Gasteiger partial charge in [-0.2, -0.15) is 0 Å². The maximum Gasteiger partial charge on any atom is 0.277 e. The normalized spacial score (nSPS) is 9.75. The highest BCUT2D eigenvalue weighted by Crippen LogP contribution is 2.17. The predicted octanol–water partition coefficient (Wildman–Crippen LogP) is 1.85. The minimum atomic E-state index is -0.311. The molecular formula is C15H15N3O2. The van der Waals surface area contributed by atoms with E-state index in [4.69, 9.17) is 10.3 Å². The van der Waals surface area contributed by atoms with E-state index >= 15 is 0 Å². The monoisotopic (exact) mass is 269 g/mol. The maximum absolute atomic E-state index is 12.0. The van der Waals surface area contributed by atoms with E-state index in [-0.39, 0.29) is 11.6 Å². The number of nitrogens with two attached hydrogens (primary N) is 1. The molecule has 0 saturated carbocycles. The molecule has 0 radical (unpaired) electrons. The Labute approximate surface area is 117 Å². The first-order valence-corrected chi connectivity index (χ1v) is 6.14. The van der Waals surface area contributed by atoms with Gasteiger partial charge in [0.05, 0.1) is 6.54 Å². The highest BCUT2D eigenvalue weighted by molar-refractivity contribution is 6.03. The Morgan fingerprint density at radius 1 is 1.40 bits per heavy atom. The van der Waals surface area contributed by atoms with Crippen LogP contribution in [0.1, 0.15) is 27.4 Å². The fourth-order valence-corrected chi connectivity index (χ4v) is 1.65. The highest BCUT2D eigenvalue weighted by atomic mass is 16.5. The third-order valence-corrected chi connectivity index (χ3v) is 2.68. The van der Waals surface area contributed by atoms with Gasteiger partial charge in [0.15, 0.2) is 5.69 Å². The Morgan fingerprint density at radius 3 is 2.85 bits per heavy atom. The Bertz CT molecular complexity index is 693. The number of aromatic nitrogens is 1. The van der Waals surface area contributed by atoms with Gasteiger partial charge in [-0.25, -0.2) is 0 Å². The fraction of sp³-hybridized carbons (Fsp3) is 0.200. The third-order valence-electron chi connectivity index (χ3n) is 2.68. The van der Waals surface area contributed by atoms with Gasteiger partial charge in [0, 0.05) is 17.3 Å². The van der Waals surface area contributed by atoms with Gasteiger partial charge < -0.3 is 15.6 Å². The minimum absolute atomic E-state index is 0.250. The molecule has 1 amide bonds. The van der Waals surface area contributed by atoms with E-state index in [1.807, 2.05) is 25.1 Å². The van der Waals surface area contributed by atoms with Crippen molar-refractivity contribution in [2.75, 3.05) is 11.9 Å². The van der Waals surface area contributed by atoms with Gasteiger partial charge in [0.1, 0.15) is 5.76 Å². The van der Waals surface area contributed by atoms with E-state index in [0.717, 1.165) is 11.1 Å². The van der Waals surface area contributed by atoms with E-state index < -0.39 is 0 Å². The molecule has 0 fully saturated rings. The van der Waals surface area contributed by atoms with Crippen molar-refractivity contribution in [1.82, 2.24) is 5.16 Å². The largest absolute Gasteiger partial charge is 0.361 e. The number of amides is 1. The molecule has 2 aromatic rings. The summed E-state index contributed by atoms with van der Waals surface area (Å²) in [6.45, 7) is 3.94. The molecular weight excluding hydrogens is 254 g/mol. The fourth-order valence-electron chi connectivity index (χ4n) is 1.65. The number of rotatable bonds is 2. The lowest BCUT2D eigenvalue weighted by atomic mass is 10.1. The first kappa shape index (κ1) is 13.8. The molecule has 0 saturated heterocycles. The average molecular weight is 269 g/mol. The molecule has 2 rings (SSSR count). The zero-order valence-electron chi connectivity index (χ0n) is 11.4. The zero-order valence-corrected chi connectivity index (χ0v) is 11.4. The van der Waals surface area contributed by atoms with Gasteiger partial charge in [0.25, 0.3) is 5.91 Å². The smallest absolute Gasteiger partial charge is 0.277 e. The maximum atomic E-state index is 12.0. The minimum Gasteiger partial charge on any atom is -0.361 e. The van der Waals surface area contributed by atoms with Gasteiger partial charge in [-0.05, 0) is 31.5 Å². The molecule has 1 heterocycles. The summed E-state index contributed by atoms with van der Waals surface area (Å²) in [7, 11) is 0. The lowest BCUT2D eigenvalue weighted by molar-refractivity contribution is 0.101. The van der Waals surface area contributed by atoms with E-state index in [1.165, 1.54) is 0 Å². The first-order valence-electron chi connectivity index (χ1n) is 6.14. The molecule has 0 aliphatic heterocycles. The highest BCUT2D eigenvalue weighted by Gasteiger charge is 2.12. The van der Waals surface area contributed by atoms with Gasteiger partial charge >= 0.3 is 0 Å². The predicted molar refractivity (Wildman–Crippen MR) is 76.3 cm³/mol. The number of nitrogens with zero attached hydrogens (tertiary/aromatic N) is 1. The van der Waals surface area contributed by atoms with Crippen molar-refractivity contribution in [3.63, 3.8) is 0 Å². The van der Waals surface area contributed by atoms with Crippen LogP contribution in [0.3, 0.4) is 0 Å². The Hall–Kier alpha value is -2.58. The molecule has 0 aliphatic carbocycles.